The van der Waals surface area contributed by atoms with Crippen molar-refractivity contribution in [2.45, 2.75) is 69.1 Å². The molecule has 0 aromatic heterocycles. The Morgan fingerprint density at radius 1 is 1.10 bits per heavy atom. The number of hydrogen-bond donors (Lipinski definition) is 1. The summed E-state index contributed by atoms with van der Waals surface area (Å²) in [5.41, 5.74) is 2.55. The highest BCUT2D eigenvalue weighted by atomic mass is 16.5. The van der Waals surface area contributed by atoms with E-state index in [1.165, 1.54) is 62.9 Å². The zero-order valence-electron chi connectivity index (χ0n) is 18.3. The van der Waals surface area contributed by atoms with Crippen molar-refractivity contribution < 1.29 is 14.6 Å². The van der Waals surface area contributed by atoms with E-state index in [1.54, 1.807) is 7.11 Å². The van der Waals surface area contributed by atoms with E-state index in [0.717, 1.165) is 37.6 Å². The first-order chi connectivity index (χ1) is 14.7. The van der Waals surface area contributed by atoms with E-state index in [0.29, 0.717) is 6.42 Å². The van der Waals surface area contributed by atoms with Crippen LogP contribution in [0.2, 0.25) is 0 Å². The van der Waals surface area contributed by atoms with Gasteiger partial charge in [0, 0.05) is 18.5 Å². The summed E-state index contributed by atoms with van der Waals surface area (Å²) in [6.07, 6.45) is 12.2. The molecule has 0 radical (unpaired) electrons. The Balaban J connectivity index is 1.31. The van der Waals surface area contributed by atoms with Crippen molar-refractivity contribution in [3.05, 3.63) is 35.4 Å². The van der Waals surface area contributed by atoms with Crippen LogP contribution < -0.4 is 9.47 Å². The molecule has 1 saturated heterocycles. The molecule has 0 amide bonds. The lowest BCUT2D eigenvalue weighted by Crippen LogP contribution is -2.43. The topological polar surface area (TPSA) is 45.2 Å². The molecule has 1 N–H and O–H groups in total. The molecule has 1 spiro atoms. The standard InChI is InChI=1S/C25H36N2O3/c1-29-21-8-7-19-18-27(15-6-5-14-26-12-3-2-4-13-26)16-11-25-10-9-20(28)17-22(25)30-24(21)23(19)25/h7-10,20,22,28H,2-6,11-18H2,1H3/t20-,22-,25-/m0/s1. The smallest absolute Gasteiger partial charge is 0.166 e. The number of methoxy groups -OCH3 is 1. The third kappa shape index (κ3) is 3.65. The molecule has 3 heterocycles. The Morgan fingerprint density at radius 3 is 2.70 bits per heavy atom. The van der Waals surface area contributed by atoms with E-state index in [9.17, 15) is 5.11 Å². The van der Waals surface area contributed by atoms with Crippen molar-refractivity contribution in [2.75, 3.05) is 39.8 Å². The third-order valence-electron chi connectivity index (χ3n) is 7.68. The summed E-state index contributed by atoms with van der Waals surface area (Å²) < 4.78 is 12.0. The summed E-state index contributed by atoms with van der Waals surface area (Å²) in [6.45, 7) is 7.05. The predicted molar refractivity (Wildman–Crippen MR) is 118 cm³/mol. The number of piperidine rings is 1. The first-order valence-electron chi connectivity index (χ1n) is 11.9. The van der Waals surface area contributed by atoms with Crippen LogP contribution in [-0.2, 0) is 12.0 Å². The lowest BCUT2D eigenvalue weighted by molar-refractivity contribution is 0.0808. The molecule has 1 aliphatic carbocycles. The van der Waals surface area contributed by atoms with E-state index >= 15 is 0 Å². The maximum absolute atomic E-state index is 10.2. The summed E-state index contributed by atoms with van der Waals surface area (Å²) in [6, 6.07) is 4.29. The van der Waals surface area contributed by atoms with Gasteiger partial charge < -0.3 is 19.5 Å². The van der Waals surface area contributed by atoms with Gasteiger partial charge in [-0.05, 0) is 76.5 Å². The van der Waals surface area contributed by atoms with Crippen LogP contribution in [-0.4, -0.2) is 66.9 Å². The lowest BCUT2D eigenvalue weighted by atomic mass is 9.69. The SMILES string of the molecule is COc1ccc2c3c1O[C@H]1C[C@@H](O)C=C[C@@]31CCN(CCCCN1CCCCC1)C2. The zero-order valence-corrected chi connectivity index (χ0v) is 18.3. The minimum absolute atomic E-state index is 0.00148. The number of ether oxygens (including phenoxy) is 2. The number of aliphatic hydroxyl groups excluding tert-OH is 1. The van der Waals surface area contributed by atoms with E-state index in [-0.39, 0.29) is 11.5 Å². The maximum atomic E-state index is 10.2. The van der Waals surface area contributed by atoms with Crippen molar-refractivity contribution >= 4 is 0 Å². The van der Waals surface area contributed by atoms with Crippen LogP contribution in [0.5, 0.6) is 11.5 Å². The van der Waals surface area contributed by atoms with E-state index in [4.69, 9.17) is 9.47 Å². The van der Waals surface area contributed by atoms with Crippen molar-refractivity contribution in [1.29, 1.82) is 0 Å². The molecular weight excluding hydrogens is 376 g/mol. The number of unbranched alkanes of at least 4 members (excludes halogenated alkanes) is 1. The van der Waals surface area contributed by atoms with Gasteiger partial charge in [-0.2, -0.15) is 0 Å². The Bertz CT molecular complexity index is 789. The monoisotopic (exact) mass is 412 g/mol. The molecule has 0 saturated carbocycles. The molecule has 1 aromatic carbocycles. The van der Waals surface area contributed by atoms with E-state index in [2.05, 4.69) is 28.0 Å². The fourth-order valence-electron chi connectivity index (χ4n) is 6.04. The van der Waals surface area contributed by atoms with Crippen molar-refractivity contribution in [2.24, 2.45) is 0 Å². The van der Waals surface area contributed by atoms with Crippen LogP contribution in [0.4, 0.5) is 0 Å². The van der Waals surface area contributed by atoms with Crippen LogP contribution in [0.25, 0.3) is 0 Å². The van der Waals surface area contributed by atoms with Gasteiger partial charge in [0.15, 0.2) is 11.5 Å². The largest absolute Gasteiger partial charge is 0.493 e. The first-order valence-corrected chi connectivity index (χ1v) is 11.9. The summed E-state index contributed by atoms with van der Waals surface area (Å²) in [5, 5.41) is 10.2. The molecule has 3 aliphatic heterocycles. The molecule has 5 rings (SSSR count). The fraction of sp³-hybridized carbons (Fsp3) is 0.680. The molecule has 3 atom stereocenters. The lowest BCUT2D eigenvalue weighted by Gasteiger charge is -2.36. The molecule has 164 valence electrons. The van der Waals surface area contributed by atoms with Crippen LogP contribution in [0.3, 0.4) is 0 Å². The number of nitrogens with zero attached hydrogens (tertiary/aromatic N) is 2. The number of likely N-dealkylation sites (tertiary alicyclic amines) is 1. The van der Waals surface area contributed by atoms with Gasteiger partial charge in [0.25, 0.3) is 0 Å². The highest BCUT2D eigenvalue weighted by Gasteiger charge is 2.52. The predicted octanol–water partition coefficient (Wildman–Crippen LogP) is 3.49. The van der Waals surface area contributed by atoms with Gasteiger partial charge in [-0.3, -0.25) is 4.90 Å². The molecule has 1 aromatic rings. The van der Waals surface area contributed by atoms with Gasteiger partial charge in [0.2, 0.25) is 0 Å². The highest BCUT2D eigenvalue weighted by Crippen LogP contribution is 2.55. The Labute approximate surface area is 180 Å². The first kappa shape index (κ1) is 20.3. The van der Waals surface area contributed by atoms with Gasteiger partial charge in [0.1, 0.15) is 6.10 Å². The minimum atomic E-state index is -0.418. The molecule has 0 bridgehead atoms. The van der Waals surface area contributed by atoms with E-state index < -0.39 is 6.10 Å². The zero-order chi connectivity index (χ0) is 20.6. The van der Waals surface area contributed by atoms with Gasteiger partial charge in [0.05, 0.1) is 18.6 Å². The highest BCUT2D eigenvalue weighted by molar-refractivity contribution is 5.60. The number of aliphatic hydroxyl groups is 1. The third-order valence-corrected chi connectivity index (χ3v) is 7.68. The Kier molecular flexibility index (Phi) is 5.78. The Hall–Kier alpha value is -1.56. The summed E-state index contributed by atoms with van der Waals surface area (Å²) in [7, 11) is 1.71. The number of benzene rings is 1. The van der Waals surface area contributed by atoms with Gasteiger partial charge in [-0.25, -0.2) is 0 Å². The van der Waals surface area contributed by atoms with Crippen LogP contribution in [0, 0.1) is 0 Å². The second-order valence-electron chi connectivity index (χ2n) is 9.58. The van der Waals surface area contributed by atoms with E-state index in [1.807, 2.05) is 6.08 Å². The van der Waals surface area contributed by atoms with Gasteiger partial charge in [-0.1, -0.05) is 24.6 Å². The molecule has 1 fully saturated rings. The average Bonchev–Trinajstić information content (AvgIpc) is 3.01. The van der Waals surface area contributed by atoms with Crippen molar-refractivity contribution in [3.63, 3.8) is 0 Å². The molecule has 5 heteroatoms. The molecule has 4 aliphatic rings. The maximum Gasteiger partial charge on any atom is 0.166 e. The summed E-state index contributed by atoms with van der Waals surface area (Å²) in [4.78, 5) is 5.27. The molecule has 0 unspecified atom stereocenters. The quantitative estimate of drug-likeness (QED) is 0.572. The van der Waals surface area contributed by atoms with Crippen LogP contribution >= 0.6 is 0 Å². The van der Waals surface area contributed by atoms with Crippen LogP contribution in [0.1, 0.15) is 56.1 Å². The second kappa shape index (κ2) is 8.52. The molecular formula is C25H36N2O3. The van der Waals surface area contributed by atoms with Gasteiger partial charge in [-0.15, -0.1) is 0 Å². The van der Waals surface area contributed by atoms with Crippen molar-refractivity contribution in [1.82, 2.24) is 9.80 Å². The molecule has 30 heavy (non-hydrogen) atoms. The van der Waals surface area contributed by atoms with Crippen LogP contribution in [0.15, 0.2) is 24.3 Å². The summed E-state index contributed by atoms with van der Waals surface area (Å²) >= 11 is 0. The Morgan fingerprint density at radius 2 is 1.90 bits per heavy atom. The van der Waals surface area contributed by atoms with Crippen molar-refractivity contribution in [3.8, 4) is 11.5 Å². The second-order valence-corrected chi connectivity index (χ2v) is 9.58. The number of rotatable bonds is 6. The summed E-state index contributed by atoms with van der Waals surface area (Å²) in [5.74, 6) is 1.73. The number of hydrogen-bond acceptors (Lipinski definition) is 5. The molecule has 5 nitrogen and oxygen atoms in total. The normalized spacial score (nSPS) is 31.0. The fourth-order valence-corrected chi connectivity index (χ4v) is 6.04. The minimum Gasteiger partial charge on any atom is -0.493 e. The van der Waals surface area contributed by atoms with Gasteiger partial charge >= 0.3 is 0 Å². The average molecular weight is 413 g/mol.